The van der Waals surface area contributed by atoms with Crippen LogP contribution in [0, 0.1) is 0 Å². The summed E-state index contributed by atoms with van der Waals surface area (Å²) < 4.78 is 0. The summed E-state index contributed by atoms with van der Waals surface area (Å²) in [5.41, 5.74) is 15.4. The van der Waals surface area contributed by atoms with Crippen molar-refractivity contribution in [1.82, 2.24) is 0 Å². The Hall–Kier alpha value is -6.24. The zero-order valence-corrected chi connectivity index (χ0v) is 28.8. The van der Waals surface area contributed by atoms with Crippen LogP contribution in [-0.2, 0) is 5.41 Å². The van der Waals surface area contributed by atoms with E-state index in [0.29, 0.717) is 0 Å². The van der Waals surface area contributed by atoms with Gasteiger partial charge in [0.25, 0.3) is 0 Å². The lowest BCUT2D eigenvalue weighted by molar-refractivity contribution is 0.660. The molecule has 9 aromatic carbocycles. The minimum absolute atomic E-state index is 0.0749. The first kappa shape index (κ1) is 29.7. The average Bonchev–Trinajstić information content (AvgIpc) is 3.42. The first-order chi connectivity index (χ1) is 25.1. The molecule has 10 rings (SSSR count). The van der Waals surface area contributed by atoms with Crippen molar-refractivity contribution in [2.45, 2.75) is 19.3 Å². The Bertz CT molecular complexity index is 2790. The molecule has 0 spiro atoms. The molecule has 0 amide bonds. The maximum atomic E-state index is 2.48. The summed E-state index contributed by atoms with van der Waals surface area (Å²) in [7, 11) is 0. The third kappa shape index (κ3) is 4.60. The fourth-order valence-electron chi connectivity index (χ4n) is 8.76. The van der Waals surface area contributed by atoms with Crippen LogP contribution in [0.25, 0.3) is 88.0 Å². The molecule has 1 aliphatic rings. The van der Waals surface area contributed by atoms with Crippen molar-refractivity contribution < 1.29 is 0 Å². The molecule has 0 aliphatic heterocycles. The third-order valence-corrected chi connectivity index (χ3v) is 11.3. The van der Waals surface area contributed by atoms with E-state index in [-0.39, 0.29) is 5.41 Å². The van der Waals surface area contributed by atoms with Gasteiger partial charge in [-0.15, -0.1) is 0 Å². The Kier molecular flexibility index (Phi) is 6.63. The summed E-state index contributed by atoms with van der Waals surface area (Å²) in [6, 6.07) is 67.4. The van der Waals surface area contributed by atoms with Crippen LogP contribution in [0.1, 0.15) is 25.0 Å². The summed E-state index contributed by atoms with van der Waals surface area (Å²) in [6.45, 7) is 4.74. The van der Waals surface area contributed by atoms with Gasteiger partial charge >= 0.3 is 0 Å². The molecular weight excluding hydrogens is 613 g/mol. The van der Waals surface area contributed by atoms with Crippen molar-refractivity contribution in [3.8, 4) is 55.6 Å². The quantitative estimate of drug-likeness (QED) is 0.167. The molecule has 0 unspecified atom stereocenters. The first-order valence-corrected chi connectivity index (χ1v) is 17.9. The van der Waals surface area contributed by atoms with Crippen molar-refractivity contribution in [3.05, 3.63) is 193 Å². The van der Waals surface area contributed by atoms with E-state index in [0.717, 1.165) is 0 Å². The normalized spacial score (nSPS) is 13.1. The third-order valence-electron chi connectivity index (χ3n) is 11.3. The Labute approximate surface area is 299 Å². The molecule has 9 aromatic rings. The zero-order valence-electron chi connectivity index (χ0n) is 28.8. The van der Waals surface area contributed by atoms with Crippen molar-refractivity contribution in [2.24, 2.45) is 0 Å². The lowest BCUT2D eigenvalue weighted by Gasteiger charge is -2.23. The fraction of sp³-hybridized carbons (Fsp3) is 0.0588. The van der Waals surface area contributed by atoms with Gasteiger partial charge in [-0.1, -0.05) is 184 Å². The fourth-order valence-corrected chi connectivity index (χ4v) is 8.76. The van der Waals surface area contributed by atoms with Crippen LogP contribution >= 0.6 is 0 Å². The molecule has 0 nitrogen and oxygen atoms in total. The molecule has 0 fully saturated rings. The van der Waals surface area contributed by atoms with Crippen molar-refractivity contribution in [1.29, 1.82) is 0 Å². The first-order valence-electron chi connectivity index (χ1n) is 17.9. The average molecular weight is 649 g/mol. The Morgan fingerprint density at radius 2 is 0.843 bits per heavy atom. The van der Waals surface area contributed by atoms with Gasteiger partial charge in [-0.2, -0.15) is 0 Å². The molecule has 51 heavy (non-hydrogen) atoms. The molecular formula is C51H36. The van der Waals surface area contributed by atoms with E-state index in [9.17, 15) is 0 Å². The zero-order chi connectivity index (χ0) is 34.1. The molecule has 0 N–H and O–H groups in total. The van der Waals surface area contributed by atoms with E-state index in [1.165, 1.54) is 99.1 Å². The van der Waals surface area contributed by atoms with Gasteiger partial charge in [0.1, 0.15) is 0 Å². The number of benzene rings is 9. The number of rotatable bonds is 4. The molecule has 0 bridgehead atoms. The topological polar surface area (TPSA) is 0 Å². The van der Waals surface area contributed by atoms with Crippen LogP contribution in [0.5, 0.6) is 0 Å². The van der Waals surface area contributed by atoms with Crippen molar-refractivity contribution in [2.75, 3.05) is 0 Å². The maximum absolute atomic E-state index is 2.48. The number of hydrogen-bond acceptors (Lipinski definition) is 0. The maximum Gasteiger partial charge on any atom is 0.0159 e. The molecule has 0 atom stereocenters. The summed E-state index contributed by atoms with van der Waals surface area (Å²) in [6.07, 6.45) is 0. The lowest BCUT2D eigenvalue weighted by Crippen LogP contribution is -2.14. The van der Waals surface area contributed by atoms with Crippen LogP contribution < -0.4 is 0 Å². The van der Waals surface area contributed by atoms with Gasteiger partial charge in [0, 0.05) is 5.41 Å². The Morgan fingerprint density at radius 1 is 0.294 bits per heavy atom. The molecule has 0 radical (unpaired) electrons. The summed E-state index contributed by atoms with van der Waals surface area (Å²) >= 11 is 0. The second kappa shape index (κ2) is 11.4. The van der Waals surface area contributed by atoms with Gasteiger partial charge in [0.05, 0.1) is 0 Å². The molecule has 0 heteroatoms. The molecule has 0 saturated heterocycles. The van der Waals surface area contributed by atoms with Crippen molar-refractivity contribution in [3.63, 3.8) is 0 Å². The Morgan fingerprint density at radius 3 is 1.65 bits per heavy atom. The second-order valence-electron chi connectivity index (χ2n) is 14.5. The van der Waals surface area contributed by atoms with Crippen LogP contribution in [0.3, 0.4) is 0 Å². The lowest BCUT2D eigenvalue weighted by atomic mass is 9.80. The SMILES string of the molecule is CC1(C)c2ccccc2-c2ccc(-c3c4ccccc4c(-c4ccc(-c5cccc6ccccc56)cc4)c4ccc(-c5ccccc5)cc34)cc21. The Balaban J connectivity index is 1.22. The van der Waals surface area contributed by atoms with Crippen molar-refractivity contribution >= 4 is 32.3 Å². The van der Waals surface area contributed by atoms with Crippen LogP contribution in [-0.4, -0.2) is 0 Å². The number of hydrogen-bond donors (Lipinski definition) is 0. The van der Waals surface area contributed by atoms with Gasteiger partial charge in [0.15, 0.2) is 0 Å². The van der Waals surface area contributed by atoms with Gasteiger partial charge in [-0.05, 0) is 111 Å². The summed E-state index contributed by atoms with van der Waals surface area (Å²) in [5.74, 6) is 0. The highest BCUT2D eigenvalue weighted by molar-refractivity contribution is 6.22. The van der Waals surface area contributed by atoms with E-state index >= 15 is 0 Å². The summed E-state index contributed by atoms with van der Waals surface area (Å²) in [5, 5.41) is 7.63. The second-order valence-corrected chi connectivity index (χ2v) is 14.5. The van der Waals surface area contributed by atoms with Crippen LogP contribution in [0.4, 0.5) is 0 Å². The van der Waals surface area contributed by atoms with Crippen LogP contribution in [0.2, 0.25) is 0 Å². The minimum atomic E-state index is -0.0749. The largest absolute Gasteiger partial charge is 0.0622 e. The number of fused-ring (bicyclic) bond motifs is 6. The van der Waals surface area contributed by atoms with E-state index < -0.39 is 0 Å². The van der Waals surface area contributed by atoms with Gasteiger partial charge in [-0.25, -0.2) is 0 Å². The predicted octanol–water partition coefficient (Wildman–Crippen LogP) is 14.1. The monoisotopic (exact) mass is 648 g/mol. The minimum Gasteiger partial charge on any atom is -0.0622 e. The molecule has 0 heterocycles. The molecule has 0 saturated carbocycles. The predicted molar refractivity (Wildman–Crippen MR) is 218 cm³/mol. The molecule has 0 aromatic heterocycles. The van der Waals surface area contributed by atoms with E-state index in [1.54, 1.807) is 0 Å². The summed E-state index contributed by atoms with van der Waals surface area (Å²) in [4.78, 5) is 0. The van der Waals surface area contributed by atoms with Gasteiger partial charge in [-0.3, -0.25) is 0 Å². The highest BCUT2D eigenvalue weighted by Gasteiger charge is 2.35. The van der Waals surface area contributed by atoms with E-state index in [1.807, 2.05) is 0 Å². The van der Waals surface area contributed by atoms with Gasteiger partial charge < -0.3 is 0 Å². The van der Waals surface area contributed by atoms with E-state index in [4.69, 9.17) is 0 Å². The molecule has 1 aliphatic carbocycles. The van der Waals surface area contributed by atoms with Crippen LogP contribution in [0.15, 0.2) is 182 Å². The highest BCUT2D eigenvalue weighted by Crippen LogP contribution is 2.51. The standard InChI is InChI=1S/C51H36/c1-51(2)47-22-11-10-18-41(47)42-29-28-38(32-48(42)51)50-44-20-9-8-19-43(44)49(45-30-27-37(31-46(45)50)33-13-4-3-5-14-33)36-25-23-35(24-26-36)40-21-12-16-34-15-6-7-17-39(34)40/h3-32H,1-2H3. The van der Waals surface area contributed by atoms with E-state index in [2.05, 4.69) is 196 Å². The smallest absolute Gasteiger partial charge is 0.0159 e. The highest BCUT2D eigenvalue weighted by atomic mass is 14.4. The van der Waals surface area contributed by atoms with Gasteiger partial charge in [0.2, 0.25) is 0 Å². The molecule has 240 valence electrons.